The SMILES string of the molecule is I.NC(=O)N1CCC(NC(=NCCc2ccco2)NC2CC3CCC2C3)CC1. The Hall–Kier alpha value is -1.45. The highest BCUT2D eigenvalue weighted by molar-refractivity contribution is 14.0. The lowest BCUT2D eigenvalue weighted by Gasteiger charge is -2.33. The molecule has 7 nitrogen and oxygen atoms in total. The monoisotopic (exact) mass is 501 g/mol. The van der Waals surface area contributed by atoms with Crippen LogP contribution in [0, 0.1) is 11.8 Å². The van der Waals surface area contributed by atoms with E-state index in [9.17, 15) is 4.79 Å². The predicted octanol–water partition coefficient (Wildman–Crippen LogP) is 2.71. The molecule has 0 aromatic carbocycles. The number of carbonyl (C=O) groups excluding carboxylic acids is 1. The molecule has 1 aliphatic heterocycles. The lowest BCUT2D eigenvalue weighted by atomic mass is 9.95. The molecule has 3 atom stereocenters. The molecule has 2 saturated carbocycles. The highest BCUT2D eigenvalue weighted by Crippen LogP contribution is 2.44. The molecular weight excluding hydrogens is 469 g/mol. The van der Waals surface area contributed by atoms with E-state index in [1.807, 2.05) is 12.1 Å². The lowest BCUT2D eigenvalue weighted by molar-refractivity contribution is 0.188. The number of guanidine groups is 1. The van der Waals surface area contributed by atoms with Crippen LogP contribution in [0.25, 0.3) is 0 Å². The summed E-state index contributed by atoms with van der Waals surface area (Å²) in [4.78, 5) is 17.9. The second kappa shape index (κ2) is 9.84. The van der Waals surface area contributed by atoms with Gasteiger partial charge in [-0.3, -0.25) is 4.99 Å². The Kier molecular flexibility index (Phi) is 7.48. The molecule has 8 heteroatoms. The van der Waals surface area contributed by atoms with Crippen molar-refractivity contribution in [1.29, 1.82) is 0 Å². The number of halogens is 1. The van der Waals surface area contributed by atoms with Crippen LogP contribution >= 0.6 is 24.0 Å². The molecular formula is C20H32IN5O2. The van der Waals surface area contributed by atoms with Crippen molar-refractivity contribution in [2.45, 2.75) is 57.0 Å². The van der Waals surface area contributed by atoms with Gasteiger partial charge in [0.25, 0.3) is 0 Å². The molecule has 3 aliphatic rings. The fourth-order valence-corrected chi connectivity index (χ4v) is 4.90. The van der Waals surface area contributed by atoms with Gasteiger partial charge < -0.3 is 25.7 Å². The Morgan fingerprint density at radius 2 is 2.04 bits per heavy atom. The first-order valence-corrected chi connectivity index (χ1v) is 10.3. The van der Waals surface area contributed by atoms with Gasteiger partial charge in [-0.1, -0.05) is 6.42 Å². The number of aliphatic imine (C=N–C) groups is 1. The van der Waals surface area contributed by atoms with Crippen LogP contribution in [0.2, 0.25) is 0 Å². The van der Waals surface area contributed by atoms with Crippen LogP contribution in [0.3, 0.4) is 0 Å². The standard InChI is InChI=1S/C20H31N5O2.HI/c21-19(26)25-9-6-16(7-10-25)23-20(22-8-5-17-2-1-11-27-17)24-18-13-14-3-4-15(18)12-14;/h1-2,11,14-16,18H,3-10,12-13H2,(H2,21,26)(H2,22,23,24);1H. The van der Waals surface area contributed by atoms with E-state index in [2.05, 4.69) is 10.6 Å². The van der Waals surface area contributed by atoms with Crippen LogP contribution in [0.1, 0.15) is 44.3 Å². The Morgan fingerprint density at radius 1 is 1.21 bits per heavy atom. The Morgan fingerprint density at radius 3 is 2.64 bits per heavy atom. The number of nitrogens with one attached hydrogen (secondary N) is 2. The summed E-state index contributed by atoms with van der Waals surface area (Å²) >= 11 is 0. The molecule has 2 aliphatic carbocycles. The minimum Gasteiger partial charge on any atom is -0.469 e. The van der Waals surface area contributed by atoms with Crippen LogP contribution in [0.15, 0.2) is 27.8 Å². The topological polar surface area (TPSA) is 95.9 Å². The summed E-state index contributed by atoms with van der Waals surface area (Å²) < 4.78 is 5.41. The molecule has 4 rings (SSSR count). The number of furan rings is 1. The number of likely N-dealkylation sites (tertiary alicyclic amines) is 1. The van der Waals surface area contributed by atoms with Crippen molar-refractivity contribution in [1.82, 2.24) is 15.5 Å². The molecule has 3 unspecified atom stereocenters. The van der Waals surface area contributed by atoms with Gasteiger partial charge in [0, 0.05) is 38.1 Å². The van der Waals surface area contributed by atoms with Crippen molar-refractivity contribution >= 4 is 36.0 Å². The summed E-state index contributed by atoms with van der Waals surface area (Å²) in [6, 6.07) is 4.46. The Balaban J connectivity index is 0.00000225. The first kappa shape index (κ1) is 21.3. The first-order chi connectivity index (χ1) is 13.2. The highest BCUT2D eigenvalue weighted by Gasteiger charge is 2.40. The predicted molar refractivity (Wildman–Crippen MR) is 120 cm³/mol. The molecule has 1 aromatic heterocycles. The van der Waals surface area contributed by atoms with Crippen LogP contribution in [0.5, 0.6) is 0 Å². The van der Waals surface area contributed by atoms with Gasteiger partial charge in [-0.05, 0) is 56.1 Å². The quantitative estimate of drug-likeness (QED) is 0.329. The molecule has 2 heterocycles. The van der Waals surface area contributed by atoms with E-state index in [0.717, 1.165) is 42.8 Å². The minimum absolute atomic E-state index is 0. The normalized spacial score (nSPS) is 27.5. The average Bonchev–Trinajstić information content (AvgIpc) is 3.40. The third kappa shape index (κ3) is 5.33. The molecule has 0 radical (unpaired) electrons. The van der Waals surface area contributed by atoms with Crippen molar-refractivity contribution in [2.24, 2.45) is 22.6 Å². The molecule has 2 amide bonds. The average molecular weight is 501 g/mol. The largest absolute Gasteiger partial charge is 0.469 e. The van der Waals surface area contributed by atoms with Crippen molar-refractivity contribution in [3.63, 3.8) is 0 Å². The summed E-state index contributed by atoms with van der Waals surface area (Å²) in [5.74, 6) is 3.57. The van der Waals surface area contributed by atoms with Crippen molar-refractivity contribution in [3.05, 3.63) is 24.2 Å². The van der Waals surface area contributed by atoms with Crippen LogP contribution < -0.4 is 16.4 Å². The van der Waals surface area contributed by atoms with Gasteiger partial charge in [-0.15, -0.1) is 24.0 Å². The van der Waals surface area contributed by atoms with Crippen LogP contribution in [0.4, 0.5) is 4.79 Å². The molecule has 28 heavy (non-hydrogen) atoms. The first-order valence-electron chi connectivity index (χ1n) is 10.3. The van der Waals surface area contributed by atoms with Crippen LogP contribution in [-0.2, 0) is 6.42 Å². The van der Waals surface area contributed by atoms with Gasteiger partial charge in [0.15, 0.2) is 5.96 Å². The second-order valence-electron chi connectivity index (χ2n) is 8.23. The summed E-state index contributed by atoms with van der Waals surface area (Å²) in [5, 5.41) is 7.32. The number of hydrogen-bond acceptors (Lipinski definition) is 3. The molecule has 3 fully saturated rings. The van der Waals surface area contributed by atoms with Crippen molar-refractivity contribution < 1.29 is 9.21 Å². The second-order valence-corrected chi connectivity index (χ2v) is 8.23. The van der Waals surface area contributed by atoms with Gasteiger partial charge >= 0.3 is 6.03 Å². The minimum atomic E-state index is -0.319. The maximum Gasteiger partial charge on any atom is 0.314 e. The highest BCUT2D eigenvalue weighted by atomic mass is 127. The van der Waals surface area contributed by atoms with E-state index in [0.29, 0.717) is 31.7 Å². The van der Waals surface area contributed by atoms with E-state index in [1.165, 1.54) is 25.7 Å². The lowest BCUT2D eigenvalue weighted by Crippen LogP contribution is -2.53. The summed E-state index contributed by atoms with van der Waals surface area (Å²) in [6.07, 6.45) is 9.69. The fourth-order valence-electron chi connectivity index (χ4n) is 4.90. The number of piperidine rings is 1. The van der Waals surface area contributed by atoms with Gasteiger partial charge in [-0.2, -0.15) is 0 Å². The van der Waals surface area contributed by atoms with Gasteiger partial charge in [0.2, 0.25) is 0 Å². The van der Waals surface area contributed by atoms with E-state index in [-0.39, 0.29) is 30.0 Å². The van der Waals surface area contributed by atoms with Gasteiger partial charge in [0.1, 0.15) is 5.76 Å². The van der Waals surface area contributed by atoms with Crippen LogP contribution in [-0.4, -0.2) is 48.6 Å². The Labute approximate surface area is 183 Å². The smallest absolute Gasteiger partial charge is 0.314 e. The maximum atomic E-state index is 11.3. The third-order valence-electron chi connectivity index (χ3n) is 6.42. The molecule has 0 spiro atoms. The molecule has 2 bridgehead atoms. The summed E-state index contributed by atoms with van der Waals surface area (Å²) in [5.41, 5.74) is 5.39. The number of nitrogens with zero attached hydrogens (tertiary/aromatic N) is 2. The van der Waals surface area contributed by atoms with Gasteiger partial charge in [-0.25, -0.2) is 4.79 Å². The number of primary amides is 1. The van der Waals surface area contributed by atoms with E-state index in [1.54, 1.807) is 11.2 Å². The number of amides is 2. The number of carbonyl (C=O) groups is 1. The number of fused-ring (bicyclic) bond motifs is 2. The number of urea groups is 1. The van der Waals surface area contributed by atoms with E-state index >= 15 is 0 Å². The number of nitrogens with two attached hydrogens (primary N) is 1. The zero-order valence-electron chi connectivity index (χ0n) is 16.3. The molecule has 1 aromatic rings. The number of hydrogen-bond donors (Lipinski definition) is 3. The summed E-state index contributed by atoms with van der Waals surface area (Å²) in [6.45, 7) is 2.12. The fraction of sp³-hybridized carbons (Fsp3) is 0.700. The Bertz CT molecular complexity index is 658. The molecule has 4 N–H and O–H groups in total. The molecule has 1 saturated heterocycles. The zero-order valence-corrected chi connectivity index (χ0v) is 18.6. The molecule has 156 valence electrons. The van der Waals surface area contributed by atoms with Crippen molar-refractivity contribution in [3.8, 4) is 0 Å². The van der Waals surface area contributed by atoms with Crippen molar-refractivity contribution in [2.75, 3.05) is 19.6 Å². The zero-order chi connectivity index (χ0) is 18.6. The van der Waals surface area contributed by atoms with E-state index < -0.39 is 0 Å². The summed E-state index contributed by atoms with van der Waals surface area (Å²) in [7, 11) is 0. The third-order valence-corrected chi connectivity index (χ3v) is 6.42. The maximum absolute atomic E-state index is 11.3. The van der Waals surface area contributed by atoms with Gasteiger partial charge in [0.05, 0.1) is 6.26 Å². The number of rotatable bonds is 5. The van der Waals surface area contributed by atoms with E-state index in [4.69, 9.17) is 15.1 Å².